The third-order valence-corrected chi connectivity index (χ3v) is 14.5. The van der Waals surface area contributed by atoms with Gasteiger partial charge in [-0.1, -0.05) is 85.2 Å². The van der Waals surface area contributed by atoms with Crippen LogP contribution < -0.4 is 9.47 Å². The standard InChI is InChI=1S/C33H38BO6PS2/c1-35-27-15-11-25(12-16-27)33(24-9-5-3-6-10-24,26-13-17-28(36-2)18-14-26)37-22-30-29(21-31(34)39-30)40-41(42)38-23-32(43-41)19-7-4-8-20-32/h3,5-6,9-18,29-31H,4,7-8,19-23H2,1-2H3/t29?,30-,31-,41+/m1/s1. The van der Waals surface area contributed by atoms with Crippen LogP contribution in [0.3, 0.4) is 0 Å². The molecule has 2 aliphatic heterocycles. The molecule has 1 spiro atoms. The summed E-state index contributed by atoms with van der Waals surface area (Å²) in [5, 5.41) is 0. The second-order valence-corrected chi connectivity index (χ2v) is 18.0. The fourth-order valence-electron chi connectivity index (χ4n) is 6.42. The second-order valence-electron chi connectivity index (χ2n) is 11.5. The molecule has 0 aromatic heterocycles. The summed E-state index contributed by atoms with van der Waals surface area (Å²) in [4.78, 5) is 0. The minimum Gasteiger partial charge on any atom is -0.497 e. The molecule has 1 aliphatic carbocycles. The molecular weight excluding hydrogens is 598 g/mol. The van der Waals surface area contributed by atoms with Crippen LogP contribution in [0.4, 0.5) is 0 Å². The molecule has 3 aromatic carbocycles. The summed E-state index contributed by atoms with van der Waals surface area (Å²) >= 11 is 7.82. The Morgan fingerprint density at radius 3 is 2.05 bits per heavy atom. The Labute approximate surface area is 265 Å². The average Bonchev–Trinajstić information content (AvgIpc) is 3.56. The van der Waals surface area contributed by atoms with Crippen LogP contribution in [0.1, 0.15) is 55.2 Å². The van der Waals surface area contributed by atoms with Gasteiger partial charge in [0.25, 0.3) is 0 Å². The fourth-order valence-corrected chi connectivity index (χ4v) is 13.5. The molecule has 6 nitrogen and oxygen atoms in total. The summed E-state index contributed by atoms with van der Waals surface area (Å²) < 4.78 is 37.3. The number of methoxy groups -OCH3 is 2. The highest BCUT2D eigenvalue weighted by Gasteiger charge is 2.49. The Hall–Kier alpha value is -1.84. The molecule has 1 saturated carbocycles. The van der Waals surface area contributed by atoms with Gasteiger partial charge >= 0.3 is 0 Å². The number of rotatable bonds is 10. The van der Waals surface area contributed by atoms with Gasteiger partial charge in [-0.25, -0.2) is 0 Å². The van der Waals surface area contributed by atoms with Crippen LogP contribution >= 0.6 is 17.1 Å². The highest BCUT2D eigenvalue weighted by molar-refractivity contribution is 8.68. The summed E-state index contributed by atoms with van der Waals surface area (Å²) in [5.74, 6) is 1.53. The fraction of sp³-hybridized carbons (Fsp3) is 0.455. The van der Waals surface area contributed by atoms with Crippen molar-refractivity contribution in [2.75, 3.05) is 27.4 Å². The summed E-state index contributed by atoms with van der Waals surface area (Å²) in [6.07, 6.45) is 5.78. The third-order valence-electron chi connectivity index (χ3n) is 8.69. The lowest BCUT2D eigenvalue weighted by atomic mass is 9.80. The second kappa shape index (κ2) is 13.3. The van der Waals surface area contributed by atoms with Crippen LogP contribution in [0.5, 0.6) is 11.5 Å². The zero-order valence-electron chi connectivity index (χ0n) is 24.7. The number of hydrogen-bond donors (Lipinski definition) is 0. The largest absolute Gasteiger partial charge is 0.497 e. The number of benzene rings is 3. The zero-order valence-corrected chi connectivity index (χ0v) is 27.2. The highest BCUT2D eigenvalue weighted by Crippen LogP contribution is 2.74. The van der Waals surface area contributed by atoms with Crippen molar-refractivity contribution in [2.24, 2.45) is 0 Å². The van der Waals surface area contributed by atoms with Gasteiger partial charge in [-0.05, 0) is 72.0 Å². The van der Waals surface area contributed by atoms with E-state index >= 15 is 0 Å². The molecule has 6 rings (SSSR count). The van der Waals surface area contributed by atoms with Crippen LogP contribution in [0.15, 0.2) is 78.9 Å². The topological polar surface area (TPSA) is 55.4 Å². The molecule has 2 heterocycles. The SMILES string of the molecule is [B][C@H]1CC(O[P@]2(=S)OCC3(CCCCC3)S2)[C@@H](COC(c2ccccc2)(c2ccc(OC)cc2)c2ccc(OC)cc2)O1. The Balaban J connectivity index is 1.32. The van der Waals surface area contributed by atoms with Crippen molar-refractivity contribution in [2.45, 2.75) is 67.1 Å². The molecule has 3 aliphatic rings. The van der Waals surface area contributed by atoms with Gasteiger partial charge in [0.2, 0.25) is 5.69 Å². The van der Waals surface area contributed by atoms with Crippen LogP contribution in [-0.2, 0) is 35.9 Å². The van der Waals surface area contributed by atoms with Crippen molar-refractivity contribution in [3.8, 4) is 11.5 Å². The van der Waals surface area contributed by atoms with Crippen LogP contribution in [0.25, 0.3) is 0 Å². The third kappa shape index (κ3) is 6.60. The minimum atomic E-state index is -2.54. The van der Waals surface area contributed by atoms with Gasteiger partial charge in [0.15, 0.2) is 0 Å². The van der Waals surface area contributed by atoms with E-state index in [9.17, 15) is 0 Å². The number of hydrogen-bond acceptors (Lipinski definition) is 8. The molecule has 2 saturated heterocycles. The lowest BCUT2D eigenvalue weighted by molar-refractivity contribution is -0.0697. The van der Waals surface area contributed by atoms with Crippen molar-refractivity contribution in [1.82, 2.24) is 0 Å². The Morgan fingerprint density at radius 2 is 1.47 bits per heavy atom. The molecule has 1 unspecified atom stereocenters. The average molecular weight is 637 g/mol. The van der Waals surface area contributed by atoms with Gasteiger partial charge in [-0.15, -0.1) is 0 Å². The van der Waals surface area contributed by atoms with Gasteiger partial charge < -0.3 is 28.0 Å². The molecule has 0 bridgehead atoms. The Morgan fingerprint density at radius 1 is 0.884 bits per heavy atom. The van der Waals surface area contributed by atoms with E-state index in [1.165, 1.54) is 19.3 Å². The van der Waals surface area contributed by atoms with E-state index in [4.69, 9.17) is 47.6 Å². The molecule has 4 atom stereocenters. The number of ether oxygens (including phenoxy) is 4. The lowest BCUT2D eigenvalue weighted by Crippen LogP contribution is -2.38. The first-order chi connectivity index (χ1) is 20.9. The molecule has 0 amide bonds. The van der Waals surface area contributed by atoms with Gasteiger partial charge in [-0.3, -0.25) is 0 Å². The van der Waals surface area contributed by atoms with Crippen molar-refractivity contribution in [3.63, 3.8) is 0 Å². The lowest BCUT2D eigenvalue weighted by Gasteiger charge is -2.37. The minimum absolute atomic E-state index is 0.0898. The first-order valence-electron chi connectivity index (χ1n) is 14.9. The first-order valence-corrected chi connectivity index (χ1v) is 19.0. The molecule has 43 heavy (non-hydrogen) atoms. The maximum Gasteiger partial charge on any atom is 0.248 e. The summed E-state index contributed by atoms with van der Waals surface area (Å²) in [6.45, 7) is 0.901. The highest BCUT2D eigenvalue weighted by atomic mass is 32.9. The summed E-state index contributed by atoms with van der Waals surface area (Å²) in [5.41, 5.74) is -0.632. The van der Waals surface area contributed by atoms with Crippen LogP contribution in [0.2, 0.25) is 0 Å². The van der Waals surface area contributed by atoms with Crippen molar-refractivity contribution in [1.29, 1.82) is 0 Å². The maximum atomic E-state index is 7.09. The van der Waals surface area contributed by atoms with E-state index in [0.29, 0.717) is 13.0 Å². The van der Waals surface area contributed by atoms with E-state index in [2.05, 4.69) is 12.1 Å². The molecule has 226 valence electrons. The molecular formula is C33H38BO6PS2. The van der Waals surface area contributed by atoms with E-state index in [1.54, 1.807) is 25.6 Å². The molecule has 3 aromatic rings. The zero-order chi connectivity index (χ0) is 29.9. The molecule has 2 radical (unpaired) electrons. The van der Waals surface area contributed by atoms with E-state index in [1.807, 2.05) is 66.7 Å². The summed E-state index contributed by atoms with van der Waals surface area (Å²) in [6, 6.07) is 25.7. The molecule has 3 fully saturated rings. The van der Waals surface area contributed by atoms with E-state index < -0.39 is 23.4 Å². The molecule has 0 N–H and O–H groups in total. The van der Waals surface area contributed by atoms with Crippen molar-refractivity contribution in [3.05, 3.63) is 95.6 Å². The van der Waals surface area contributed by atoms with Gasteiger partial charge in [0, 0.05) is 10.8 Å². The smallest absolute Gasteiger partial charge is 0.248 e. The van der Waals surface area contributed by atoms with Gasteiger partial charge in [-0.2, -0.15) is 0 Å². The first kappa shape index (κ1) is 31.2. The quantitative estimate of drug-likeness (QED) is 0.130. The van der Waals surface area contributed by atoms with E-state index in [0.717, 1.165) is 41.0 Å². The van der Waals surface area contributed by atoms with Crippen LogP contribution in [0, 0.1) is 0 Å². The monoisotopic (exact) mass is 636 g/mol. The molecule has 10 heteroatoms. The normalized spacial score (nSPS) is 26.9. The van der Waals surface area contributed by atoms with Gasteiger partial charge in [0.1, 0.15) is 31.1 Å². The Bertz CT molecular complexity index is 1350. The predicted octanol–water partition coefficient (Wildman–Crippen LogP) is 7.37. The van der Waals surface area contributed by atoms with Crippen LogP contribution in [-0.4, -0.2) is 58.2 Å². The summed E-state index contributed by atoms with van der Waals surface area (Å²) in [7, 11) is 9.68. The Kier molecular flexibility index (Phi) is 9.61. The van der Waals surface area contributed by atoms with Gasteiger partial charge in [0.05, 0.1) is 33.5 Å². The predicted molar refractivity (Wildman–Crippen MR) is 176 cm³/mol. The van der Waals surface area contributed by atoms with Crippen molar-refractivity contribution >= 4 is 36.7 Å². The maximum absolute atomic E-state index is 7.09. The van der Waals surface area contributed by atoms with E-state index in [-0.39, 0.29) is 17.5 Å². The van der Waals surface area contributed by atoms with Crippen molar-refractivity contribution < 1.29 is 28.0 Å².